The molecule has 1 N–H and O–H groups in total. The number of nitrogens with one attached hydrogen (secondary N) is 1. The van der Waals surface area contributed by atoms with Gasteiger partial charge in [0.2, 0.25) is 5.91 Å². The van der Waals surface area contributed by atoms with Crippen molar-refractivity contribution in [3.63, 3.8) is 0 Å². The number of benzene rings is 1. The molecule has 0 saturated carbocycles. The Morgan fingerprint density at radius 1 is 1.00 bits per heavy atom. The average molecular weight is 433 g/mol. The number of aryl methyl sites for hydroxylation is 1. The number of hydrogen-bond donors (Lipinski definition) is 1. The fourth-order valence-electron chi connectivity index (χ4n) is 3.07. The van der Waals surface area contributed by atoms with E-state index in [-0.39, 0.29) is 5.75 Å². The molecular weight excluding hydrogens is 412 g/mol. The third-order valence-corrected chi connectivity index (χ3v) is 5.57. The van der Waals surface area contributed by atoms with E-state index in [4.69, 9.17) is 0 Å². The van der Waals surface area contributed by atoms with Gasteiger partial charge in [0, 0.05) is 31.2 Å². The van der Waals surface area contributed by atoms with Crippen LogP contribution in [0.25, 0.3) is 11.4 Å². The van der Waals surface area contributed by atoms with Gasteiger partial charge in [0.25, 0.3) is 5.91 Å². The monoisotopic (exact) mass is 432 g/mol. The topological polar surface area (TPSA) is 94.7 Å². The molecule has 0 saturated heterocycles. The lowest BCUT2D eigenvalue weighted by atomic mass is 10.2. The van der Waals surface area contributed by atoms with Gasteiger partial charge >= 0.3 is 0 Å². The van der Waals surface area contributed by atoms with Crippen molar-refractivity contribution in [1.29, 1.82) is 0 Å². The number of pyridine rings is 1. The Morgan fingerprint density at radius 2 is 1.77 bits per heavy atom. The number of nitrogens with zero attached hydrogens (tertiary/aromatic N) is 5. The lowest BCUT2D eigenvalue weighted by Gasteiger charge is -2.10. The van der Waals surface area contributed by atoms with Crippen molar-refractivity contribution in [1.82, 2.24) is 29.6 Å². The van der Waals surface area contributed by atoms with Crippen molar-refractivity contribution >= 4 is 23.6 Å². The molecule has 0 spiro atoms. The predicted molar refractivity (Wildman–Crippen MR) is 117 cm³/mol. The van der Waals surface area contributed by atoms with Crippen LogP contribution in [0.2, 0.25) is 0 Å². The first-order chi connectivity index (χ1) is 15.1. The van der Waals surface area contributed by atoms with Crippen LogP contribution >= 0.6 is 11.8 Å². The van der Waals surface area contributed by atoms with Crippen LogP contribution in [0.5, 0.6) is 0 Å². The third kappa shape index (κ3) is 4.89. The molecule has 0 atom stereocenters. The van der Waals surface area contributed by atoms with E-state index in [1.165, 1.54) is 11.8 Å². The molecule has 0 aliphatic carbocycles. The zero-order valence-corrected chi connectivity index (χ0v) is 17.6. The van der Waals surface area contributed by atoms with E-state index >= 15 is 0 Å². The summed E-state index contributed by atoms with van der Waals surface area (Å²) in [6, 6.07) is 17.1. The van der Waals surface area contributed by atoms with Gasteiger partial charge in [-0.25, -0.2) is 0 Å². The van der Waals surface area contributed by atoms with Crippen LogP contribution in [0.3, 0.4) is 0 Å². The molecule has 0 aliphatic heterocycles. The maximum Gasteiger partial charge on any atom is 0.274 e. The largest absolute Gasteiger partial charge is 0.347 e. The van der Waals surface area contributed by atoms with Crippen LogP contribution in [0.4, 0.5) is 0 Å². The molecule has 3 heterocycles. The minimum Gasteiger partial charge on any atom is -0.347 e. The molecule has 0 radical (unpaired) electrons. The van der Waals surface area contributed by atoms with Gasteiger partial charge < -0.3 is 4.57 Å². The van der Waals surface area contributed by atoms with E-state index < -0.39 is 11.8 Å². The summed E-state index contributed by atoms with van der Waals surface area (Å²) in [5, 5.41) is 11.6. The van der Waals surface area contributed by atoms with Gasteiger partial charge in [0.1, 0.15) is 5.69 Å². The van der Waals surface area contributed by atoms with E-state index in [0.717, 1.165) is 11.1 Å². The van der Waals surface area contributed by atoms with Crippen LogP contribution in [-0.2, 0) is 18.4 Å². The summed E-state index contributed by atoms with van der Waals surface area (Å²) in [6.45, 7) is 0.553. The summed E-state index contributed by atoms with van der Waals surface area (Å²) < 4.78 is 3.62. The minimum atomic E-state index is -0.429. The number of amides is 2. The Kier molecular flexibility index (Phi) is 6.23. The Morgan fingerprint density at radius 3 is 2.48 bits per heavy atom. The van der Waals surface area contributed by atoms with Gasteiger partial charge in [-0.05, 0) is 29.8 Å². The highest BCUT2D eigenvalue weighted by Gasteiger charge is 2.18. The Bertz CT molecular complexity index is 1190. The van der Waals surface area contributed by atoms with Crippen LogP contribution in [-0.4, -0.2) is 41.9 Å². The molecule has 2 amide bonds. The van der Waals surface area contributed by atoms with Crippen LogP contribution < -0.4 is 5.32 Å². The Hall–Kier alpha value is -3.72. The second-order valence-electron chi connectivity index (χ2n) is 6.78. The van der Waals surface area contributed by atoms with Gasteiger partial charge in [0.15, 0.2) is 11.0 Å². The van der Waals surface area contributed by atoms with Crippen molar-refractivity contribution in [2.75, 3.05) is 5.75 Å². The summed E-state index contributed by atoms with van der Waals surface area (Å²) in [5.41, 5.74) is 2.39. The molecule has 156 valence electrons. The predicted octanol–water partition coefficient (Wildman–Crippen LogP) is 2.78. The van der Waals surface area contributed by atoms with Crippen LogP contribution in [0.15, 0.2) is 78.3 Å². The van der Waals surface area contributed by atoms with Gasteiger partial charge in [-0.15, -0.1) is 10.2 Å². The average Bonchev–Trinajstić information content (AvgIpc) is 3.39. The van der Waals surface area contributed by atoms with Gasteiger partial charge in [0.05, 0.1) is 12.3 Å². The van der Waals surface area contributed by atoms with Crippen molar-refractivity contribution in [3.8, 4) is 11.4 Å². The quantitative estimate of drug-likeness (QED) is 0.451. The number of rotatable bonds is 7. The maximum absolute atomic E-state index is 12.4. The van der Waals surface area contributed by atoms with E-state index in [9.17, 15) is 9.59 Å². The first-order valence-corrected chi connectivity index (χ1v) is 10.6. The Balaban J connectivity index is 1.51. The van der Waals surface area contributed by atoms with Gasteiger partial charge in [-0.1, -0.05) is 42.1 Å². The number of hydrogen-bond acceptors (Lipinski definition) is 6. The molecule has 0 fully saturated rings. The highest BCUT2D eigenvalue weighted by molar-refractivity contribution is 7.99. The number of thioether (sulfide) groups is 1. The number of carbonyl (C=O) groups excluding carboxylic acids is 2. The van der Waals surface area contributed by atoms with Crippen LogP contribution in [0, 0.1) is 0 Å². The normalized spacial score (nSPS) is 10.7. The molecule has 8 nitrogen and oxygen atoms in total. The highest BCUT2D eigenvalue weighted by Crippen LogP contribution is 2.24. The molecule has 0 aliphatic rings. The summed E-state index contributed by atoms with van der Waals surface area (Å²) in [6.07, 6.45) is 5.15. The molecule has 3 aromatic heterocycles. The first-order valence-electron chi connectivity index (χ1n) is 9.57. The summed E-state index contributed by atoms with van der Waals surface area (Å²) >= 11 is 1.24. The van der Waals surface area contributed by atoms with Crippen LogP contribution in [0.1, 0.15) is 16.1 Å². The lowest BCUT2D eigenvalue weighted by Crippen LogP contribution is -2.33. The maximum atomic E-state index is 12.4. The summed E-state index contributed by atoms with van der Waals surface area (Å²) in [5.74, 6) is -0.0920. The second-order valence-corrected chi connectivity index (χ2v) is 7.73. The molecule has 1 aromatic carbocycles. The molecule has 0 bridgehead atoms. The third-order valence-electron chi connectivity index (χ3n) is 4.60. The van der Waals surface area contributed by atoms with Gasteiger partial charge in [-0.2, -0.15) is 0 Å². The second kappa shape index (κ2) is 9.40. The zero-order chi connectivity index (χ0) is 21.6. The number of carbonyl (C=O) groups is 2. The molecular formula is C22H20N6O2S. The molecule has 4 aromatic rings. The smallest absolute Gasteiger partial charge is 0.274 e. The SMILES string of the molecule is Cn1cccc1C(=O)NC(=O)CSc1nnc(-c2ccncc2)n1Cc1ccccc1. The summed E-state index contributed by atoms with van der Waals surface area (Å²) in [4.78, 5) is 28.7. The van der Waals surface area contributed by atoms with Crippen molar-refractivity contribution in [2.45, 2.75) is 11.7 Å². The van der Waals surface area contributed by atoms with Crippen molar-refractivity contribution < 1.29 is 9.59 Å². The fraction of sp³-hybridized carbons (Fsp3) is 0.136. The molecule has 31 heavy (non-hydrogen) atoms. The van der Waals surface area contributed by atoms with E-state index in [2.05, 4.69) is 20.5 Å². The molecule has 4 rings (SSSR count). The zero-order valence-electron chi connectivity index (χ0n) is 16.8. The van der Waals surface area contributed by atoms with Gasteiger partial charge in [-0.3, -0.25) is 24.5 Å². The number of imide groups is 1. The summed E-state index contributed by atoms with van der Waals surface area (Å²) in [7, 11) is 1.75. The minimum absolute atomic E-state index is 0.0411. The number of aromatic nitrogens is 5. The lowest BCUT2D eigenvalue weighted by molar-refractivity contribution is -0.117. The van der Waals surface area contributed by atoms with Crippen molar-refractivity contribution in [2.24, 2.45) is 7.05 Å². The van der Waals surface area contributed by atoms with E-state index in [1.54, 1.807) is 42.3 Å². The highest BCUT2D eigenvalue weighted by atomic mass is 32.2. The standard InChI is InChI=1S/C22H20N6O2S/c1-27-13-5-8-18(27)21(30)24-19(29)15-31-22-26-25-20(17-9-11-23-12-10-17)28(22)14-16-6-3-2-4-7-16/h2-13H,14-15H2,1H3,(H,24,29,30). The molecule has 0 unspecified atom stereocenters. The Labute approximate surface area is 183 Å². The van der Waals surface area contributed by atoms with E-state index in [0.29, 0.717) is 23.2 Å². The molecule has 9 heteroatoms. The first kappa shape index (κ1) is 20.5. The van der Waals surface area contributed by atoms with Crippen molar-refractivity contribution in [3.05, 3.63) is 84.4 Å². The van der Waals surface area contributed by atoms with E-state index in [1.807, 2.05) is 47.0 Å². The fourth-order valence-corrected chi connectivity index (χ4v) is 3.81.